The van der Waals surface area contributed by atoms with Gasteiger partial charge in [0.05, 0.1) is 19.3 Å². The Morgan fingerprint density at radius 1 is 0.938 bits per heavy atom. The van der Waals surface area contributed by atoms with E-state index in [1.165, 1.54) is 0 Å². The molecule has 7 heteroatoms. The average Bonchev–Trinajstić information content (AvgIpc) is 3.63. The molecule has 7 nitrogen and oxygen atoms in total. The number of hydrogen-bond acceptors (Lipinski definition) is 7. The molecule has 4 N–H and O–H groups in total. The quantitative estimate of drug-likeness (QED) is 0.436. The van der Waals surface area contributed by atoms with Crippen molar-refractivity contribution in [3.05, 3.63) is 64.7 Å². The van der Waals surface area contributed by atoms with Gasteiger partial charge in [-0.05, 0) is 60.6 Å². The number of aryl methyl sites for hydroxylation is 1. The van der Waals surface area contributed by atoms with Crippen molar-refractivity contribution in [3.8, 4) is 5.75 Å². The molecular formula is C25H32O7. The van der Waals surface area contributed by atoms with Crippen LogP contribution < -0.4 is 4.74 Å². The van der Waals surface area contributed by atoms with Gasteiger partial charge in [0.25, 0.3) is 0 Å². The summed E-state index contributed by atoms with van der Waals surface area (Å²) in [5.74, 6) is 0.805. The Balaban J connectivity index is 1.41. The van der Waals surface area contributed by atoms with Crippen molar-refractivity contribution in [3.63, 3.8) is 0 Å². The average molecular weight is 445 g/mol. The summed E-state index contributed by atoms with van der Waals surface area (Å²) >= 11 is 0. The van der Waals surface area contributed by atoms with Crippen molar-refractivity contribution in [2.45, 2.75) is 62.8 Å². The van der Waals surface area contributed by atoms with Crippen molar-refractivity contribution in [1.82, 2.24) is 0 Å². The standard InChI is InChI=1S/C25H32O7/c1-15-2-5-17(25-24(29)23(28)22(27)21(14-26)32-25)13-18(15)12-16-3-6-19(7-4-16)30-10-11-31-20-8-9-20/h2-7,13,20-29H,8-12,14H2,1H3/t21-,22-,23+,24?,25+/m1/s1. The first-order valence-electron chi connectivity index (χ1n) is 11.2. The highest BCUT2D eigenvalue weighted by atomic mass is 16.5. The maximum absolute atomic E-state index is 10.4. The molecule has 32 heavy (non-hydrogen) atoms. The molecule has 4 rings (SSSR count). The van der Waals surface area contributed by atoms with Gasteiger partial charge in [0.2, 0.25) is 0 Å². The Hall–Kier alpha value is -2.00. The van der Waals surface area contributed by atoms with E-state index < -0.39 is 37.1 Å². The molecule has 0 radical (unpaired) electrons. The van der Waals surface area contributed by atoms with Gasteiger partial charge in [0.1, 0.15) is 42.9 Å². The molecular weight excluding hydrogens is 412 g/mol. The van der Waals surface area contributed by atoms with Crippen LogP contribution in [0.15, 0.2) is 42.5 Å². The number of rotatable bonds is 9. The molecule has 2 aromatic carbocycles. The first kappa shape index (κ1) is 23.2. The molecule has 1 heterocycles. The third-order valence-electron chi connectivity index (χ3n) is 6.14. The second kappa shape index (κ2) is 10.3. The van der Waals surface area contributed by atoms with Crippen molar-refractivity contribution in [2.24, 2.45) is 0 Å². The van der Waals surface area contributed by atoms with Crippen LogP contribution in [0.25, 0.3) is 0 Å². The van der Waals surface area contributed by atoms with E-state index in [9.17, 15) is 20.4 Å². The Morgan fingerprint density at radius 2 is 1.69 bits per heavy atom. The van der Waals surface area contributed by atoms with Crippen LogP contribution in [0.4, 0.5) is 0 Å². The smallest absolute Gasteiger partial charge is 0.119 e. The molecule has 0 amide bonds. The van der Waals surface area contributed by atoms with Crippen LogP contribution in [0.2, 0.25) is 0 Å². The third kappa shape index (κ3) is 5.49. The summed E-state index contributed by atoms with van der Waals surface area (Å²) < 4.78 is 17.0. The van der Waals surface area contributed by atoms with Gasteiger partial charge in [-0.2, -0.15) is 0 Å². The first-order valence-corrected chi connectivity index (χ1v) is 11.2. The predicted octanol–water partition coefficient (Wildman–Crippen LogP) is 1.66. The number of aliphatic hydroxyl groups is 4. The second-order valence-corrected chi connectivity index (χ2v) is 8.67. The number of ether oxygens (including phenoxy) is 3. The highest BCUT2D eigenvalue weighted by molar-refractivity contribution is 5.38. The molecule has 2 aliphatic rings. The zero-order valence-corrected chi connectivity index (χ0v) is 18.3. The van der Waals surface area contributed by atoms with Gasteiger partial charge < -0.3 is 34.6 Å². The van der Waals surface area contributed by atoms with E-state index in [0.29, 0.717) is 31.3 Å². The fourth-order valence-electron chi connectivity index (χ4n) is 3.97. The lowest BCUT2D eigenvalue weighted by Gasteiger charge is -2.40. The molecule has 1 aliphatic heterocycles. The van der Waals surface area contributed by atoms with Gasteiger partial charge in [-0.3, -0.25) is 0 Å². The fourth-order valence-corrected chi connectivity index (χ4v) is 3.97. The van der Waals surface area contributed by atoms with Crippen LogP contribution in [-0.2, 0) is 15.9 Å². The molecule has 1 aliphatic carbocycles. The van der Waals surface area contributed by atoms with Gasteiger partial charge in [-0.15, -0.1) is 0 Å². The largest absolute Gasteiger partial charge is 0.491 e. The minimum absolute atomic E-state index is 0.433. The van der Waals surface area contributed by atoms with Crippen molar-refractivity contribution >= 4 is 0 Å². The zero-order valence-electron chi connectivity index (χ0n) is 18.3. The molecule has 2 aromatic rings. The van der Waals surface area contributed by atoms with Gasteiger partial charge >= 0.3 is 0 Å². The zero-order chi connectivity index (χ0) is 22.7. The molecule has 0 aromatic heterocycles. The van der Waals surface area contributed by atoms with E-state index in [0.717, 1.165) is 35.3 Å². The summed E-state index contributed by atoms with van der Waals surface area (Å²) in [7, 11) is 0. The lowest BCUT2D eigenvalue weighted by Crippen LogP contribution is -2.55. The number of aliphatic hydroxyl groups excluding tert-OH is 4. The summed E-state index contributed by atoms with van der Waals surface area (Å²) in [5.41, 5.74) is 3.96. The van der Waals surface area contributed by atoms with Crippen molar-refractivity contribution in [1.29, 1.82) is 0 Å². The summed E-state index contributed by atoms with van der Waals surface area (Å²) in [6.45, 7) is 2.72. The van der Waals surface area contributed by atoms with Gasteiger partial charge in [0, 0.05) is 0 Å². The molecule has 2 fully saturated rings. The molecule has 5 atom stereocenters. The van der Waals surface area contributed by atoms with Gasteiger partial charge in [-0.1, -0.05) is 30.3 Å². The maximum atomic E-state index is 10.4. The van der Waals surface area contributed by atoms with E-state index in [-0.39, 0.29) is 0 Å². The van der Waals surface area contributed by atoms with Crippen LogP contribution in [0.5, 0.6) is 5.75 Å². The van der Waals surface area contributed by atoms with E-state index in [1.54, 1.807) is 0 Å². The Kier molecular flexibility index (Phi) is 7.45. The van der Waals surface area contributed by atoms with E-state index in [1.807, 2.05) is 49.4 Å². The highest BCUT2D eigenvalue weighted by Crippen LogP contribution is 2.33. The topological polar surface area (TPSA) is 109 Å². The van der Waals surface area contributed by atoms with Crippen LogP contribution in [0.3, 0.4) is 0 Å². The molecule has 0 spiro atoms. The summed E-state index contributed by atoms with van der Waals surface area (Å²) in [6, 6.07) is 13.7. The normalized spacial score (nSPS) is 28.0. The van der Waals surface area contributed by atoms with E-state index in [2.05, 4.69) is 0 Å². The van der Waals surface area contributed by atoms with Crippen LogP contribution in [0.1, 0.15) is 41.2 Å². The summed E-state index contributed by atoms with van der Waals surface area (Å²) in [6.07, 6.45) is -2.37. The Morgan fingerprint density at radius 3 is 2.38 bits per heavy atom. The van der Waals surface area contributed by atoms with Gasteiger partial charge in [0.15, 0.2) is 0 Å². The molecule has 1 saturated carbocycles. The van der Waals surface area contributed by atoms with Crippen molar-refractivity contribution < 1.29 is 34.6 Å². The number of benzene rings is 2. The minimum atomic E-state index is -1.39. The van der Waals surface area contributed by atoms with Gasteiger partial charge in [-0.25, -0.2) is 0 Å². The Labute approximate surface area is 188 Å². The SMILES string of the molecule is Cc1ccc([C@@H]2O[C@H](CO)[C@@H](O)[C@H](O)C2O)cc1Cc1ccc(OCCOC2CC2)cc1. The Bertz CT molecular complexity index is 878. The van der Waals surface area contributed by atoms with E-state index >= 15 is 0 Å². The molecule has 174 valence electrons. The summed E-state index contributed by atoms with van der Waals surface area (Å²) in [4.78, 5) is 0. The third-order valence-corrected chi connectivity index (χ3v) is 6.14. The lowest BCUT2D eigenvalue weighted by atomic mass is 9.89. The van der Waals surface area contributed by atoms with Crippen LogP contribution in [-0.4, -0.2) is 70.8 Å². The van der Waals surface area contributed by atoms with Crippen molar-refractivity contribution in [2.75, 3.05) is 19.8 Å². The monoisotopic (exact) mass is 444 g/mol. The van der Waals surface area contributed by atoms with Crippen LogP contribution >= 0.6 is 0 Å². The molecule has 0 bridgehead atoms. The first-order chi connectivity index (χ1) is 15.5. The summed E-state index contributed by atoms with van der Waals surface area (Å²) in [5, 5.41) is 40.0. The molecule has 1 unspecified atom stereocenters. The predicted molar refractivity (Wildman–Crippen MR) is 118 cm³/mol. The van der Waals surface area contributed by atoms with E-state index in [4.69, 9.17) is 14.2 Å². The lowest BCUT2D eigenvalue weighted by molar-refractivity contribution is -0.231. The maximum Gasteiger partial charge on any atom is 0.119 e. The number of hydrogen-bond donors (Lipinski definition) is 4. The minimum Gasteiger partial charge on any atom is -0.491 e. The second-order valence-electron chi connectivity index (χ2n) is 8.67. The fraction of sp³-hybridized carbons (Fsp3) is 0.520. The highest BCUT2D eigenvalue weighted by Gasteiger charge is 2.43. The van der Waals surface area contributed by atoms with Crippen LogP contribution in [0, 0.1) is 6.92 Å². The molecule has 1 saturated heterocycles.